The quantitative estimate of drug-likeness (QED) is 0.512. The minimum Gasteiger partial charge on any atom is -0.494 e. The first kappa shape index (κ1) is 16.8. The normalized spacial score (nSPS) is 10.7. The SMILES string of the molecule is CCOc1ccc(N(CC/C=C/C=O)Cc2ccccc2)cc1. The number of rotatable bonds is 9. The van der Waals surface area contributed by atoms with E-state index < -0.39 is 0 Å². The van der Waals surface area contributed by atoms with E-state index in [1.54, 1.807) is 6.08 Å². The van der Waals surface area contributed by atoms with Gasteiger partial charge < -0.3 is 9.64 Å². The van der Waals surface area contributed by atoms with E-state index in [1.165, 1.54) is 5.56 Å². The van der Waals surface area contributed by atoms with E-state index in [0.29, 0.717) is 6.61 Å². The molecule has 0 aliphatic rings. The monoisotopic (exact) mass is 309 g/mol. The van der Waals surface area contributed by atoms with Gasteiger partial charge in [-0.15, -0.1) is 0 Å². The summed E-state index contributed by atoms with van der Waals surface area (Å²) in [5.41, 5.74) is 2.41. The Kier molecular flexibility index (Phi) is 6.92. The predicted molar refractivity (Wildman–Crippen MR) is 94.9 cm³/mol. The number of carbonyl (C=O) groups is 1. The van der Waals surface area contributed by atoms with Gasteiger partial charge in [0.15, 0.2) is 0 Å². The Labute approximate surface area is 138 Å². The van der Waals surface area contributed by atoms with Gasteiger partial charge in [-0.25, -0.2) is 0 Å². The van der Waals surface area contributed by atoms with E-state index >= 15 is 0 Å². The Bertz CT molecular complexity index is 605. The molecule has 0 aliphatic heterocycles. The molecule has 0 unspecified atom stereocenters. The Morgan fingerprint density at radius 1 is 1.04 bits per heavy atom. The number of hydrogen-bond donors (Lipinski definition) is 0. The van der Waals surface area contributed by atoms with Gasteiger partial charge in [0.05, 0.1) is 6.61 Å². The molecule has 0 spiro atoms. The van der Waals surface area contributed by atoms with Crippen LogP contribution in [0.1, 0.15) is 18.9 Å². The van der Waals surface area contributed by atoms with Crippen LogP contribution in [-0.4, -0.2) is 19.4 Å². The maximum Gasteiger partial charge on any atom is 0.142 e. The molecule has 2 rings (SSSR count). The zero-order valence-corrected chi connectivity index (χ0v) is 13.5. The highest BCUT2D eigenvalue weighted by Crippen LogP contribution is 2.21. The molecular weight excluding hydrogens is 286 g/mol. The number of aldehydes is 1. The fraction of sp³-hybridized carbons (Fsp3) is 0.250. The van der Waals surface area contributed by atoms with Gasteiger partial charge in [-0.2, -0.15) is 0 Å². The van der Waals surface area contributed by atoms with E-state index in [-0.39, 0.29) is 0 Å². The maximum absolute atomic E-state index is 10.4. The lowest BCUT2D eigenvalue weighted by Crippen LogP contribution is -2.23. The summed E-state index contributed by atoms with van der Waals surface area (Å²) < 4.78 is 5.50. The van der Waals surface area contributed by atoms with Crippen molar-refractivity contribution in [1.82, 2.24) is 0 Å². The van der Waals surface area contributed by atoms with E-state index in [4.69, 9.17) is 4.74 Å². The molecular formula is C20H23NO2. The van der Waals surface area contributed by atoms with Crippen LogP contribution in [0.3, 0.4) is 0 Å². The van der Waals surface area contributed by atoms with Crippen LogP contribution in [0.5, 0.6) is 5.75 Å². The number of nitrogens with zero attached hydrogens (tertiary/aromatic N) is 1. The summed E-state index contributed by atoms with van der Waals surface area (Å²) in [5, 5.41) is 0. The lowest BCUT2D eigenvalue weighted by atomic mass is 10.2. The molecule has 0 atom stereocenters. The number of ether oxygens (including phenoxy) is 1. The lowest BCUT2D eigenvalue weighted by molar-refractivity contribution is -0.104. The molecule has 0 aromatic heterocycles. The second kappa shape index (κ2) is 9.46. The Morgan fingerprint density at radius 3 is 2.43 bits per heavy atom. The molecule has 0 saturated heterocycles. The van der Waals surface area contributed by atoms with Crippen molar-refractivity contribution in [2.75, 3.05) is 18.1 Å². The van der Waals surface area contributed by atoms with Gasteiger partial charge in [-0.05, 0) is 49.2 Å². The maximum atomic E-state index is 10.4. The third-order valence-corrected chi connectivity index (χ3v) is 3.51. The molecule has 23 heavy (non-hydrogen) atoms. The average Bonchev–Trinajstić information content (AvgIpc) is 2.60. The van der Waals surface area contributed by atoms with Gasteiger partial charge in [0.2, 0.25) is 0 Å². The molecule has 0 saturated carbocycles. The van der Waals surface area contributed by atoms with Gasteiger partial charge >= 0.3 is 0 Å². The van der Waals surface area contributed by atoms with Crippen LogP contribution in [0.2, 0.25) is 0 Å². The van der Waals surface area contributed by atoms with Gasteiger partial charge in [0.25, 0.3) is 0 Å². The molecule has 0 amide bonds. The van der Waals surface area contributed by atoms with Crippen molar-refractivity contribution in [3.63, 3.8) is 0 Å². The minimum atomic E-state index is 0.670. The first-order valence-electron chi connectivity index (χ1n) is 7.95. The van der Waals surface area contributed by atoms with E-state index in [0.717, 1.165) is 37.2 Å². The largest absolute Gasteiger partial charge is 0.494 e. The summed E-state index contributed by atoms with van der Waals surface area (Å²) >= 11 is 0. The summed E-state index contributed by atoms with van der Waals surface area (Å²) in [7, 11) is 0. The standard InChI is InChI=1S/C20H23NO2/c1-2-23-20-13-11-19(12-14-20)21(15-7-4-8-16-22)17-18-9-5-3-6-10-18/h3-6,8-14,16H,2,7,15,17H2,1H3/b8-4+. The molecule has 2 aromatic carbocycles. The number of anilines is 1. The zero-order valence-electron chi connectivity index (χ0n) is 13.5. The molecule has 2 aromatic rings. The smallest absolute Gasteiger partial charge is 0.142 e. The van der Waals surface area contributed by atoms with Crippen molar-refractivity contribution in [2.24, 2.45) is 0 Å². The number of carbonyl (C=O) groups excluding carboxylic acids is 1. The molecule has 3 heteroatoms. The summed E-state index contributed by atoms with van der Waals surface area (Å²) in [4.78, 5) is 12.7. The zero-order chi connectivity index (χ0) is 16.3. The molecule has 0 heterocycles. The molecule has 0 bridgehead atoms. The van der Waals surface area contributed by atoms with Crippen molar-refractivity contribution >= 4 is 12.0 Å². The lowest BCUT2D eigenvalue weighted by Gasteiger charge is -2.25. The van der Waals surface area contributed by atoms with Gasteiger partial charge in [0, 0.05) is 18.8 Å². The minimum absolute atomic E-state index is 0.670. The Morgan fingerprint density at radius 2 is 1.78 bits per heavy atom. The van der Waals surface area contributed by atoms with Crippen LogP contribution in [-0.2, 0) is 11.3 Å². The number of benzene rings is 2. The van der Waals surface area contributed by atoms with Crippen LogP contribution < -0.4 is 9.64 Å². The Hall–Kier alpha value is -2.55. The molecule has 0 aliphatic carbocycles. The number of allylic oxidation sites excluding steroid dienone is 1. The summed E-state index contributed by atoms with van der Waals surface area (Å²) in [6.45, 7) is 4.34. The first-order chi connectivity index (χ1) is 11.3. The van der Waals surface area contributed by atoms with Crippen molar-refractivity contribution in [3.05, 3.63) is 72.3 Å². The van der Waals surface area contributed by atoms with Crippen LogP contribution in [0, 0.1) is 0 Å². The first-order valence-corrected chi connectivity index (χ1v) is 7.95. The van der Waals surface area contributed by atoms with Crippen molar-refractivity contribution < 1.29 is 9.53 Å². The van der Waals surface area contributed by atoms with Crippen molar-refractivity contribution in [1.29, 1.82) is 0 Å². The highest BCUT2D eigenvalue weighted by Gasteiger charge is 2.07. The second-order valence-corrected chi connectivity index (χ2v) is 5.19. The Balaban J connectivity index is 2.10. The van der Waals surface area contributed by atoms with Crippen LogP contribution in [0.4, 0.5) is 5.69 Å². The van der Waals surface area contributed by atoms with Crippen molar-refractivity contribution in [3.8, 4) is 5.75 Å². The second-order valence-electron chi connectivity index (χ2n) is 5.19. The average molecular weight is 309 g/mol. The van der Waals surface area contributed by atoms with Crippen LogP contribution >= 0.6 is 0 Å². The van der Waals surface area contributed by atoms with E-state index in [2.05, 4.69) is 41.3 Å². The van der Waals surface area contributed by atoms with Crippen LogP contribution in [0.15, 0.2) is 66.7 Å². The molecule has 0 radical (unpaired) electrons. The van der Waals surface area contributed by atoms with Gasteiger partial charge in [-0.1, -0.05) is 36.4 Å². The van der Waals surface area contributed by atoms with Gasteiger partial charge in [0.1, 0.15) is 12.0 Å². The van der Waals surface area contributed by atoms with Crippen LogP contribution in [0.25, 0.3) is 0 Å². The summed E-state index contributed by atoms with van der Waals surface area (Å²) in [6, 6.07) is 18.5. The van der Waals surface area contributed by atoms with E-state index in [1.807, 2.05) is 31.2 Å². The van der Waals surface area contributed by atoms with Crippen molar-refractivity contribution in [2.45, 2.75) is 19.9 Å². The molecule has 120 valence electrons. The summed E-state index contributed by atoms with van der Waals surface area (Å²) in [6.07, 6.45) is 5.11. The molecule has 3 nitrogen and oxygen atoms in total. The third-order valence-electron chi connectivity index (χ3n) is 3.51. The fourth-order valence-corrected chi connectivity index (χ4v) is 2.41. The highest BCUT2D eigenvalue weighted by molar-refractivity contribution is 5.64. The van der Waals surface area contributed by atoms with E-state index in [9.17, 15) is 4.79 Å². The third kappa shape index (κ3) is 5.62. The topological polar surface area (TPSA) is 29.5 Å². The van der Waals surface area contributed by atoms with Gasteiger partial charge in [-0.3, -0.25) is 4.79 Å². The highest BCUT2D eigenvalue weighted by atomic mass is 16.5. The summed E-state index contributed by atoms with van der Waals surface area (Å²) in [5.74, 6) is 0.886. The number of hydrogen-bond acceptors (Lipinski definition) is 3. The fourth-order valence-electron chi connectivity index (χ4n) is 2.41. The molecule has 0 fully saturated rings. The molecule has 0 N–H and O–H groups in total. The predicted octanol–water partition coefficient (Wildman–Crippen LogP) is 4.24.